The van der Waals surface area contributed by atoms with Gasteiger partial charge in [0.05, 0.1) is 0 Å². The van der Waals surface area contributed by atoms with Crippen molar-refractivity contribution in [2.45, 2.75) is 18.7 Å². The Bertz CT molecular complexity index is 506. The summed E-state index contributed by atoms with van der Waals surface area (Å²) in [6, 6.07) is 16.9. The van der Waals surface area contributed by atoms with Crippen molar-refractivity contribution < 1.29 is 0 Å². The molecule has 0 heterocycles. The molecule has 0 nitrogen and oxygen atoms in total. The summed E-state index contributed by atoms with van der Waals surface area (Å²) in [6.45, 7) is 4.35. The summed E-state index contributed by atoms with van der Waals surface area (Å²) in [6.07, 6.45) is 4.41. The van der Waals surface area contributed by atoms with E-state index in [1.807, 2.05) is 17.8 Å². The molecule has 0 atom stereocenters. The molecule has 2 aromatic carbocycles. The summed E-state index contributed by atoms with van der Waals surface area (Å²) in [5, 5.41) is 0. The zero-order valence-corrected chi connectivity index (χ0v) is 11.7. The summed E-state index contributed by atoms with van der Waals surface area (Å²) in [5.41, 5.74) is 4.00. The van der Waals surface area contributed by atoms with Crippen molar-refractivity contribution in [2.75, 3.05) is 5.75 Å². The minimum Gasteiger partial charge on any atom is -0.121 e. The number of rotatable bonds is 4. The van der Waals surface area contributed by atoms with E-state index in [0.717, 1.165) is 5.75 Å². The summed E-state index contributed by atoms with van der Waals surface area (Å²) in [4.78, 5) is 1.41. The molecule has 0 fully saturated rings. The van der Waals surface area contributed by atoms with Gasteiger partial charge in [-0.3, -0.25) is 0 Å². The van der Waals surface area contributed by atoms with Crippen molar-refractivity contribution in [3.63, 3.8) is 0 Å². The van der Waals surface area contributed by atoms with E-state index in [4.69, 9.17) is 0 Å². The third-order valence-electron chi connectivity index (χ3n) is 2.84. The van der Waals surface area contributed by atoms with Crippen molar-refractivity contribution in [1.29, 1.82) is 0 Å². The summed E-state index contributed by atoms with van der Waals surface area (Å²) in [5.74, 6) is 1.01. The molecule has 2 rings (SSSR count). The van der Waals surface area contributed by atoms with Crippen LogP contribution in [0.1, 0.15) is 16.7 Å². The summed E-state index contributed by atoms with van der Waals surface area (Å²) < 4.78 is 0. The van der Waals surface area contributed by atoms with Crippen LogP contribution in [0.2, 0.25) is 0 Å². The summed E-state index contributed by atoms with van der Waals surface area (Å²) in [7, 11) is 0. The molecule has 1 heteroatoms. The molecule has 0 radical (unpaired) electrons. The normalized spacial score (nSPS) is 11.0. The van der Waals surface area contributed by atoms with Gasteiger partial charge in [0.1, 0.15) is 0 Å². The zero-order valence-electron chi connectivity index (χ0n) is 10.9. The van der Waals surface area contributed by atoms with Gasteiger partial charge in [-0.05, 0) is 30.5 Å². The molecule has 0 unspecified atom stereocenters. The van der Waals surface area contributed by atoms with E-state index in [2.05, 4.69) is 68.5 Å². The minimum absolute atomic E-state index is 1.01. The fourth-order valence-electron chi connectivity index (χ4n) is 1.91. The highest BCUT2D eigenvalue weighted by atomic mass is 32.2. The van der Waals surface area contributed by atoms with Gasteiger partial charge in [0.15, 0.2) is 0 Å². The highest BCUT2D eigenvalue weighted by Gasteiger charge is 2.00. The van der Waals surface area contributed by atoms with Crippen LogP contribution in [-0.4, -0.2) is 5.75 Å². The average Bonchev–Trinajstić information content (AvgIpc) is 2.38. The van der Waals surface area contributed by atoms with Gasteiger partial charge >= 0.3 is 0 Å². The molecule has 0 aliphatic carbocycles. The maximum absolute atomic E-state index is 2.23. The fraction of sp³-hybridized carbons (Fsp3) is 0.176. The molecular formula is C17H18S. The van der Waals surface area contributed by atoms with Gasteiger partial charge in [-0.25, -0.2) is 0 Å². The van der Waals surface area contributed by atoms with Crippen LogP contribution in [0, 0.1) is 13.8 Å². The van der Waals surface area contributed by atoms with Crippen LogP contribution in [0.15, 0.2) is 59.5 Å². The second-order valence-corrected chi connectivity index (χ2v) is 5.38. The highest BCUT2D eigenvalue weighted by Crippen LogP contribution is 2.26. The lowest BCUT2D eigenvalue weighted by Crippen LogP contribution is -1.85. The molecule has 0 aliphatic rings. The first-order valence-corrected chi connectivity index (χ1v) is 7.16. The Balaban J connectivity index is 1.95. The lowest BCUT2D eigenvalue weighted by molar-refractivity contribution is 1.22. The maximum atomic E-state index is 2.23. The van der Waals surface area contributed by atoms with Crippen molar-refractivity contribution in [3.8, 4) is 0 Å². The van der Waals surface area contributed by atoms with E-state index < -0.39 is 0 Å². The molecule has 92 valence electrons. The van der Waals surface area contributed by atoms with Gasteiger partial charge in [0.2, 0.25) is 0 Å². The van der Waals surface area contributed by atoms with E-state index >= 15 is 0 Å². The number of aryl methyl sites for hydroxylation is 2. The molecule has 0 saturated carbocycles. The Labute approximate surface area is 114 Å². The van der Waals surface area contributed by atoms with Crippen LogP contribution < -0.4 is 0 Å². The van der Waals surface area contributed by atoms with Gasteiger partial charge in [0.25, 0.3) is 0 Å². The number of benzene rings is 2. The molecule has 0 aromatic heterocycles. The molecule has 0 saturated heterocycles. The lowest BCUT2D eigenvalue weighted by atomic mass is 10.2. The predicted octanol–water partition coefficient (Wildman–Crippen LogP) is 5.11. The van der Waals surface area contributed by atoms with Gasteiger partial charge in [-0.2, -0.15) is 0 Å². The third-order valence-corrected chi connectivity index (χ3v) is 4.13. The molecular weight excluding hydrogens is 236 g/mol. The van der Waals surface area contributed by atoms with Gasteiger partial charge < -0.3 is 0 Å². The van der Waals surface area contributed by atoms with Crippen LogP contribution in [0.5, 0.6) is 0 Å². The van der Waals surface area contributed by atoms with E-state index in [-0.39, 0.29) is 0 Å². The quantitative estimate of drug-likeness (QED) is 0.683. The molecule has 18 heavy (non-hydrogen) atoms. The molecule has 0 aliphatic heterocycles. The Kier molecular flexibility index (Phi) is 4.66. The summed E-state index contributed by atoms with van der Waals surface area (Å²) >= 11 is 1.91. The van der Waals surface area contributed by atoms with E-state index in [0.29, 0.717) is 0 Å². The van der Waals surface area contributed by atoms with Crippen LogP contribution in [0.3, 0.4) is 0 Å². The van der Waals surface area contributed by atoms with Crippen molar-refractivity contribution in [2.24, 2.45) is 0 Å². The number of thioether (sulfide) groups is 1. The standard InChI is InChI=1S/C17H18S/c1-14-8-6-9-15(2)17(14)18-13-7-12-16-10-4-3-5-11-16/h3-12H,13H2,1-2H3. The van der Waals surface area contributed by atoms with Crippen LogP contribution in [0.25, 0.3) is 6.08 Å². The Hall–Kier alpha value is -1.47. The Morgan fingerprint density at radius 1 is 0.889 bits per heavy atom. The second kappa shape index (κ2) is 6.46. The first-order valence-electron chi connectivity index (χ1n) is 6.18. The first-order chi connectivity index (χ1) is 8.77. The van der Waals surface area contributed by atoms with Crippen LogP contribution >= 0.6 is 11.8 Å². The number of hydrogen-bond acceptors (Lipinski definition) is 1. The molecule has 0 bridgehead atoms. The molecule has 0 N–H and O–H groups in total. The molecule has 0 spiro atoms. The highest BCUT2D eigenvalue weighted by molar-refractivity contribution is 7.99. The topological polar surface area (TPSA) is 0 Å². The zero-order chi connectivity index (χ0) is 12.8. The Morgan fingerprint density at radius 3 is 2.22 bits per heavy atom. The predicted molar refractivity (Wildman–Crippen MR) is 82.1 cm³/mol. The van der Waals surface area contributed by atoms with Crippen molar-refractivity contribution >= 4 is 17.8 Å². The second-order valence-electron chi connectivity index (χ2n) is 4.34. The fourth-order valence-corrected chi connectivity index (χ4v) is 2.86. The van der Waals surface area contributed by atoms with Gasteiger partial charge in [0, 0.05) is 10.6 Å². The largest absolute Gasteiger partial charge is 0.121 e. The Morgan fingerprint density at radius 2 is 1.56 bits per heavy atom. The van der Waals surface area contributed by atoms with E-state index in [1.165, 1.54) is 21.6 Å². The smallest absolute Gasteiger partial charge is 0.0164 e. The number of hydrogen-bond donors (Lipinski definition) is 0. The maximum Gasteiger partial charge on any atom is 0.0164 e. The van der Waals surface area contributed by atoms with Gasteiger partial charge in [-0.15, -0.1) is 11.8 Å². The van der Waals surface area contributed by atoms with Crippen LogP contribution in [-0.2, 0) is 0 Å². The molecule has 0 amide bonds. The van der Waals surface area contributed by atoms with E-state index in [9.17, 15) is 0 Å². The van der Waals surface area contributed by atoms with E-state index in [1.54, 1.807) is 0 Å². The van der Waals surface area contributed by atoms with Crippen molar-refractivity contribution in [3.05, 3.63) is 71.3 Å². The van der Waals surface area contributed by atoms with Gasteiger partial charge in [-0.1, -0.05) is 60.7 Å². The minimum atomic E-state index is 1.01. The average molecular weight is 254 g/mol. The third kappa shape index (κ3) is 3.51. The first kappa shape index (κ1) is 13.0. The lowest BCUT2D eigenvalue weighted by Gasteiger charge is -2.07. The SMILES string of the molecule is Cc1cccc(C)c1SCC=Cc1ccccc1. The molecule has 2 aromatic rings. The van der Waals surface area contributed by atoms with Crippen LogP contribution in [0.4, 0.5) is 0 Å². The monoisotopic (exact) mass is 254 g/mol. The van der Waals surface area contributed by atoms with Crippen molar-refractivity contribution in [1.82, 2.24) is 0 Å².